The lowest BCUT2D eigenvalue weighted by Crippen LogP contribution is -2.42. The van der Waals surface area contributed by atoms with Gasteiger partial charge >= 0.3 is 6.18 Å². The van der Waals surface area contributed by atoms with Gasteiger partial charge in [0, 0.05) is 24.9 Å². The summed E-state index contributed by atoms with van der Waals surface area (Å²) in [7, 11) is 0. The molecule has 1 amide bonds. The van der Waals surface area contributed by atoms with Crippen molar-refractivity contribution in [3.05, 3.63) is 89.8 Å². The summed E-state index contributed by atoms with van der Waals surface area (Å²) in [5.74, 6) is -0.638. The number of fused-ring (bicyclic) bond motifs is 2. The van der Waals surface area contributed by atoms with Gasteiger partial charge in [-0.3, -0.25) is 9.79 Å². The maximum Gasteiger partial charge on any atom is 0.433 e. The van der Waals surface area contributed by atoms with Crippen molar-refractivity contribution in [3.8, 4) is 0 Å². The molecule has 0 unspecified atom stereocenters. The number of nitrogens with zero attached hydrogens (tertiary/aromatic N) is 3. The number of furan rings is 1. The number of dihydropyridines is 1. The minimum absolute atomic E-state index is 0.0197. The fourth-order valence-corrected chi connectivity index (χ4v) is 4.01. The smallest absolute Gasteiger partial charge is 0.433 e. The summed E-state index contributed by atoms with van der Waals surface area (Å²) in [5.41, 5.74) is 1.52. The number of benzene rings is 1. The number of allylic oxidation sites excluding steroid dienone is 4. The number of aliphatic imine (C=N–C) groups is 1. The minimum atomic E-state index is -4.67. The first-order chi connectivity index (χ1) is 16.9. The second kappa shape index (κ2) is 10.6. The van der Waals surface area contributed by atoms with E-state index in [0.717, 1.165) is 22.4 Å². The summed E-state index contributed by atoms with van der Waals surface area (Å²) in [5, 5.41) is 1.16. The average molecular weight is 483 g/mol. The molecule has 2 aliphatic rings. The van der Waals surface area contributed by atoms with E-state index >= 15 is 0 Å². The van der Waals surface area contributed by atoms with E-state index in [1.165, 1.54) is 11.2 Å². The third-order valence-corrected chi connectivity index (χ3v) is 5.72. The molecule has 2 aliphatic heterocycles. The number of imidazole rings is 1. The van der Waals surface area contributed by atoms with Crippen LogP contribution in [0.1, 0.15) is 24.7 Å². The van der Waals surface area contributed by atoms with Gasteiger partial charge in [0.05, 0.1) is 36.1 Å². The fraction of sp³-hybridized carbons (Fsp3) is 0.269. The third kappa shape index (κ3) is 5.62. The molecule has 4 heterocycles. The van der Waals surface area contributed by atoms with Gasteiger partial charge in [-0.05, 0) is 31.1 Å². The Morgan fingerprint density at radius 2 is 2.00 bits per heavy atom. The quantitative estimate of drug-likeness (QED) is 0.497. The van der Waals surface area contributed by atoms with Gasteiger partial charge in [-0.1, -0.05) is 42.5 Å². The van der Waals surface area contributed by atoms with E-state index in [-0.39, 0.29) is 18.7 Å². The molecule has 9 heteroatoms. The van der Waals surface area contributed by atoms with Crippen LogP contribution in [-0.2, 0) is 17.8 Å². The zero-order valence-electron chi connectivity index (χ0n) is 19.2. The number of halogens is 3. The molecule has 1 aromatic carbocycles. The van der Waals surface area contributed by atoms with E-state index in [1.807, 2.05) is 37.3 Å². The number of aromatic amines is 1. The summed E-state index contributed by atoms with van der Waals surface area (Å²) >= 11 is 0. The number of alkyl halides is 3. The lowest BCUT2D eigenvalue weighted by molar-refractivity contribution is -0.128. The SMILES string of the molecule is C/C=C\C=C/C1=C(C(=O)N2CCc3nc[nH]c3C2)C(C(F)(F)F)=NCC1.c1ccc2occc2c1. The number of carbonyl (C=O) groups is 1. The molecule has 0 atom stereocenters. The highest BCUT2D eigenvalue weighted by molar-refractivity contribution is 6.24. The van der Waals surface area contributed by atoms with E-state index in [9.17, 15) is 18.0 Å². The van der Waals surface area contributed by atoms with E-state index in [4.69, 9.17) is 4.42 Å². The van der Waals surface area contributed by atoms with E-state index in [0.29, 0.717) is 25.0 Å². The Bertz CT molecular complexity index is 1280. The van der Waals surface area contributed by atoms with Crippen molar-refractivity contribution >= 4 is 22.6 Å². The molecule has 2 aromatic heterocycles. The Morgan fingerprint density at radius 3 is 2.77 bits per heavy atom. The molecule has 0 bridgehead atoms. The molecule has 35 heavy (non-hydrogen) atoms. The first-order valence-electron chi connectivity index (χ1n) is 11.3. The van der Waals surface area contributed by atoms with Crippen LogP contribution in [0.3, 0.4) is 0 Å². The Hall–Kier alpha value is -3.88. The topological polar surface area (TPSA) is 74.5 Å². The van der Waals surface area contributed by atoms with Gasteiger partial charge in [-0.2, -0.15) is 13.2 Å². The molecule has 3 aromatic rings. The lowest BCUT2D eigenvalue weighted by atomic mass is 9.94. The van der Waals surface area contributed by atoms with Crippen LogP contribution in [0.2, 0.25) is 0 Å². The Balaban J connectivity index is 0.000000266. The summed E-state index contributed by atoms with van der Waals surface area (Å²) < 4.78 is 45.6. The molecular weight excluding hydrogens is 457 g/mol. The molecule has 5 rings (SSSR count). The van der Waals surface area contributed by atoms with Crippen LogP contribution in [-0.4, -0.2) is 45.8 Å². The predicted molar refractivity (Wildman–Crippen MR) is 128 cm³/mol. The molecule has 182 valence electrons. The number of H-pyrrole nitrogens is 1. The van der Waals surface area contributed by atoms with Gasteiger partial charge in [0.25, 0.3) is 5.91 Å². The molecule has 0 radical (unpaired) electrons. The van der Waals surface area contributed by atoms with Crippen molar-refractivity contribution in [2.75, 3.05) is 13.1 Å². The van der Waals surface area contributed by atoms with Crippen molar-refractivity contribution in [2.24, 2.45) is 4.99 Å². The van der Waals surface area contributed by atoms with Crippen LogP contribution >= 0.6 is 0 Å². The lowest BCUT2D eigenvalue weighted by Gasteiger charge is -2.30. The number of hydrogen-bond donors (Lipinski definition) is 1. The van der Waals surface area contributed by atoms with Gasteiger partial charge in [-0.15, -0.1) is 0 Å². The van der Waals surface area contributed by atoms with Gasteiger partial charge in [0.2, 0.25) is 0 Å². The Labute approximate surface area is 200 Å². The summed E-state index contributed by atoms with van der Waals surface area (Å²) in [6, 6.07) is 9.90. The van der Waals surface area contributed by atoms with Crippen molar-refractivity contribution in [1.29, 1.82) is 0 Å². The number of carbonyl (C=O) groups excluding carboxylic acids is 1. The Morgan fingerprint density at radius 1 is 1.17 bits per heavy atom. The summed E-state index contributed by atoms with van der Waals surface area (Å²) in [4.78, 5) is 25.1. The number of rotatable bonds is 3. The van der Waals surface area contributed by atoms with Crippen molar-refractivity contribution in [1.82, 2.24) is 14.9 Å². The van der Waals surface area contributed by atoms with Crippen LogP contribution in [0.4, 0.5) is 13.2 Å². The Kier molecular flexibility index (Phi) is 7.33. The highest BCUT2D eigenvalue weighted by atomic mass is 19.4. The molecule has 0 spiro atoms. The van der Waals surface area contributed by atoms with Crippen LogP contribution in [0.5, 0.6) is 0 Å². The van der Waals surface area contributed by atoms with Crippen LogP contribution in [0.15, 0.2) is 87.8 Å². The first kappa shape index (κ1) is 24.3. The third-order valence-electron chi connectivity index (χ3n) is 5.72. The second-order valence-electron chi connectivity index (χ2n) is 8.03. The molecule has 0 saturated carbocycles. The van der Waals surface area contributed by atoms with E-state index < -0.39 is 17.8 Å². The van der Waals surface area contributed by atoms with E-state index in [2.05, 4.69) is 15.0 Å². The molecule has 6 nitrogen and oxygen atoms in total. The van der Waals surface area contributed by atoms with Crippen LogP contribution in [0.25, 0.3) is 11.0 Å². The second-order valence-corrected chi connectivity index (χ2v) is 8.03. The zero-order chi connectivity index (χ0) is 24.8. The molecule has 0 saturated heterocycles. The van der Waals surface area contributed by atoms with Gasteiger partial charge in [-0.25, -0.2) is 4.98 Å². The fourth-order valence-electron chi connectivity index (χ4n) is 4.01. The first-order valence-corrected chi connectivity index (χ1v) is 11.3. The van der Waals surface area contributed by atoms with Gasteiger partial charge in [0.1, 0.15) is 5.58 Å². The highest BCUT2D eigenvalue weighted by Crippen LogP contribution is 2.31. The monoisotopic (exact) mass is 482 g/mol. The molecule has 0 aliphatic carbocycles. The number of hydrogen-bond acceptors (Lipinski definition) is 4. The number of aromatic nitrogens is 2. The maximum absolute atomic E-state index is 13.5. The van der Waals surface area contributed by atoms with Crippen molar-refractivity contribution < 1.29 is 22.4 Å². The average Bonchev–Trinajstić information content (AvgIpc) is 3.52. The van der Waals surface area contributed by atoms with Gasteiger partial charge in [0.15, 0.2) is 5.71 Å². The predicted octanol–water partition coefficient (Wildman–Crippen LogP) is 5.56. The number of amides is 1. The molecular formula is C26H25F3N4O2. The number of para-hydroxylation sites is 1. The van der Waals surface area contributed by atoms with Crippen LogP contribution in [0, 0.1) is 0 Å². The highest BCUT2D eigenvalue weighted by Gasteiger charge is 2.43. The van der Waals surface area contributed by atoms with Crippen LogP contribution < -0.4 is 0 Å². The van der Waals surface area contributed by atoms with Crippen molar-refractivity contribution in [3.63, 3.8) is 0 Å². The normalized spacial score (nSPS) is 16.5. The molecule has 0 fully saturated rings. The minimum Gasteiger partial charge on any atom is -0.464 e. The summed E-state index contributed by atoms with van der Waals surface area (Å²) in [6.07, 6.45) is 6.08. The molecule has 1 N–H and O–H groups in total. The van der Waals surface area contributed by atoms with Crippen molar-refractivity contribution in [2.45, 2.75) is 32.5 Å². The summed E-state index contributed by atoms with van der Waals surface area (Å²) in [6.45, 7) is 2.38. The van der Waals surface area contributed by atoms with Gasteiger partial charge < -0.3 is 14.3 Å². The standard InChI is InChI=1S/C18H19F3N4O.C8H6O/c1-2-3-4-5-12-6-8-22-16(18(19,20)21)15(12)17(26)25-9-7-13-14(10-25)24-11-23-13;1-2-4-8-7(3-1)5-6-9-8/h2-5,11H,6-10H2,1H3,(H,23,24);1-6H/b3-2-,5-4-;. The maximum atomic E-state index is 13.5. The number of nitrogens with one attached hydrogen (secondary N) is 1. The zero-order valence-corrected chi connectivity index (χ0v) is 19.2. The van der Waals surface area contributed by atoms with E-state index in [1.54, 1.807) is 30.6 Å². The largest absolute Gasteiger partial charge is 0.464 e.